The highest BCUT2D eigenvalue weighted by molar-refractivity contribution is 7.14. The first-order chi connectivity index (χ1) is 15.1. The maximum absolute atomic E-state index is 12.7. The van der Waals surface area contributed by atoms with Crippen molar-refractivity contribution in [2.45, 2.75) is 18.8 Å². The fourth-order valence-corrected chi connectivity index (χ4v) is 4.31. The number of thiazole rings is 1. The third-order valence-electron chi connectivity index (χ3n) is 5.36. The number of rotatable bonds is 4. The summed E-state index contributed by atoms with van der Waals surface area (Å²) in [6, 6.07) is 11.0. The average Bonchev–Trinajstić information content (AvgIpc) is 3.37. The molecule has 9 heteroatoms. The van der Waals surface area contributed by atoms with Crippen LogP contribution in [0.4, 0.5) is 10.8 Å². The molecule has 8 nitrogen and oxygen atoms in total. The summed E-state index contributed by atoms with van der Waals surface area (Å²) in [4.78, 5) is 36.7. The highest BCUT2D eigenvalue weighted by Gasteiger charge is 2.27. The van der Waals surface area contributed by atoms with Crippen LogP contribution in [0.25, 0.3) is 22.3 Å². The van der Waals surface area contributed by atoms with E-state index in [1.54, 1.807) is 12.1 Å². The lowest BCUT2D eigenvalue weighted by molar-refractivity contribution is -0.118. The molecule has 2 aromatic heterocycles. The number of hydrogen-bond donors (Lipinski definition) is 3. The SMILES string of the molecule is O=C1COc2ccc(-c3csc(NC(=O)c4ccc5nc(C6CC6)[nH]c5c4)n3)cc2N1. The van der Waals surface area contributed by atoms with Gasteiger partial charge in [-0.2, -0.15) is 0 Å². The Morgan fingerprint density at radius 1 is 1.16 bits per heavy atom. The second kappa shape index (κ2) is 6.92. The molecular weight excluding hydrogens is 414 g/mol. The molecule has 31 heavy (non-hydrogen) atoms. The van der Waals surface area contributed by atoms with Crippen molar-refractivity contribution in [3.05, 3.63) is 53.2 Å². The van der Waals surface area contributed by atoms with Crippen LogP contribution >= 0.6 is 11.3 Å². The largest absolute Gasteiger partial charge is 0.482 e. The molecule has 1 aliphatic carbocycles. The summed E-state index contributed by atoms with van der Waals surface area (Å²) in [6.07, 6.45) is 2.34. The van der Waals surface area contributed by atoms with E-state index < -0.39 is 0 Å². The van der Waals surface area contributed by atoms with Crippen molar-refractivity contribution in [1.29, 1.82) is 0 Å². The molecule has 2 amide bonds. The molecule has 154 valence electrons. The molecule has 1 aliphatic heterocycles. The minimum absolute atomic E-state index is 0.0193. The fourth-order valence-electron chi connectivity index (χ4n) is 3.60. The zero-order chi connectivity index (χ0) is 20.9. The zero-order valence-electron chi connectivity index (χ0n) is 16.3. The van der Waals surface area contributed by atoms with Gasteiger partial charge in [0.15, 0.2) is 11.7 Å². The Kier molecular flexibility index (Phi) is 4.03. The van der Waals surface area contributed by atoms with Crippen molar-refractivity contribution < 1.29 is 14.3 Å². The average molecular weight is 431 g/mol. The van der Waals surface area contributed by atoms with Crippen molar-refractivity contribution in [3.8, 4) is 17.0 Å². The Morgan fingerprint density at radius 3 is 2.94 bits per heavy atom. The molecule has 0 atom stereocenters. The van der Waals surface area contributed by atoms with Gasteiger partial charge >= 0.3 is 0 Å². The van der Waals surface area contributed by atoms with Gasteiger partial charge in [-0.1, -0.05) is 0 Å². The topological polar surface area (TPSA) is 109 Å². The Morgan fingerprint density at radius 2 is 2.06 bits per heavy atom. The van der Waals surface area contributed by atoms with E-state index in [0.29, 0.717) is 33.7 Å². The van der Waals surface area contributed by atoms with Crippen LogP contribution in [0.1, 0.15) is 34.9 Å². The molecule has 0 unspecified atom stereocenters. The number of aromatic nitrogens is 3. The number of benzene rings is 2. The molecule has 1 fully saturated rings. The number of H-pyrrole nitrogens is 1. The molecule has 4 aromatic rings. The molecule has 1 saturated carbocycles. The van der Waals surface area contributed by atoms with Crippen molar-refractivity contribution in [2.75, 3.05) is 17.2 Å². The molecule has 0 saturated heterocycles. The number of nitrogens with one attached hydrogen (secondary N) is 3. The van der Waals surface area contributed by atoms with Gasteiger partial charge in [0.05, 0.1) is 22.4 Å². The van der Waals surface area contributed by atoms with E-state index in [2.05, 4.69) is 25.6 Å². The second-order valence-corrected chi connectivity index (χ2v) is 8.53. The van der Waals surface area contributed by atoms with Gasteiger partial charge in [0.1, 0.15) is 11.6 Å². The van der Waals surface area contributed by atoms with E-state index in [9.17, 15) is 9.59 Å². The summed E-state index contributed by atoms with van der Waals surface area (Å²) in [7, 11) is 0. The number of carbonyl (C=O) groups excluding carboxylic acids is 2. The van der Waals surface area contributed by atoms with Gasteiger partial charge in [-0.05, 0) is 49.2 Å². The van der Waals surface area contributed by atoms with Gasteiger partial charge in [0.2, 0.25) is 0 Å². The Bertz CT molecular complexity index is 1350. The number of amides is 2. The first-order valence-corrected chi connectivity index (χ1v) is 10.8. The lowest BCUT2D eigenvalue weighted by Crippen LogP contribution is -2.25. The minimum atomic E-state index is -0.225. The van der Waals surface area contributed by atoms with E-state index in [4.69, 9.17) is 4.74 Å². The lowest BCUT2D eigenvalue weighted by atomic mass is 10.1. The lowest BCUT2D eigenvalue weighted by Gasteiger charge is -2.18. The summed E-state index contributed by atoms with van der Waals surface area (Å²) >= 11 is 1.34. The normalized spacial score (nSPS) is 15.3. The summed E-state index contributed by atoms with van der Waals surface area (Å²) in [5.41, 5.74) is 4.44. The van der Waals surface area contributed by atoms with Crippen LogP contribution in [0.2, 0.25) is 0 Å². The van der Waals surface area contributed by atoms with Gasteiger partial charge in [-0.25, -0.2) is 9.97 Å². The van der Waals surface area contributed by atoms with Crippen LogP contribution in [0.3, 0.4) is 0 Å². The van der Waals surface area contributed by atoms with Gasteiger partial charge in [0.25, 0.3) is 11.8 Å². The Labute approximate surface area is 180 Å². The molecule has 6 rings (SSSR count). The van der Waals surface area contributed by atoms with Crippen molar-refractivity contribution >= 4 is 45.0 Å². The van der Waals surface area contributed by atoms with E-state index in [1.165, 1.54) is 24.2 Å². The van der Waals surface area contributed by atoms with Crippen molar-refractivity contribution in [1.82, 2.24) is 15.0 Å². The molecular formula is C22H17N5O3S. The quantitative estimate of drug-likeness (QED) is 0.450. The predicted molar refractivity (Wildman–Crippen MR) is 118 cm³/mol. The molecule has 3 N–H and O–H groups in total. The number of carbonyl (C=O) groups is 2. The molecule has 3 heterocycles. The summed E-state index contributed by atoms with van der Waals surface area (Å²) in [5.74, 6) is 1.75. The first-order valence-electron chi connectivity index (χ1n) is 9.96. The maximum atomic E-state index is 12.7. The third-order valence-corrected chi connectivity index (χ3v) is 6.12. The monoisotopic (exact) mass is 431 g/mol. The number of ether oxygens (including phenoxy) is 1. The van der Waals surface area contributed by atoms with Crippen molar-refractivity contribution in [2.24, 2.45) is 0 Å². The molecule has 0 radical (unpaired) electrons. The number of aromatic amines is 1. The minimum Gasteiger partial charge on any atom is -0.482 e. The summed E-state index contributed by atoms with van der Waals surface area (Å²) < 4.78 is 5.39. The molecule has 0 bridgehead atoms. The number of anilines is 2. The second-order valence-electron chi connectivity index (χ2n) is 7.67. The first kappa shape index (κ1) is 18.1. The molecule has 2 aliphatic rings. The third kappa shape index (κ3) is 3.42. The van der Waals surface area contributed by atoms with Crippen LogP contribution in [0.5, 0.6) is 5.75 Å². The molecule has 2 aromatic carbocycles. The van der Waals surface area contributed by atoms with Crippen LogP contribution < -0.4 is 15.4 Å². The van der Waals surface area contributed by atoms with E-state index in [0.717, 1.165) is 22.4 Å². The predicted octanol–water partition coefficient (Wildman–Crippen LogP) is 4.15. The Hall–Kier alpha value is -3.72. The van der Waals surface area contributed by atoms with E-state index in [-0.39, 0.29) is 18.4 Å². The number of fused-ring (bicyclic) bond motifs is 2. The molecule has 0 spiro atoms. The highest BCUT2D eigenvalue weighted by Crippen LogP contribution is 2.39. The number of imidazole rings is 1. The van der Waals surface area contributed by atoms with Crippen LogP contribution in [0.15, 0.2) is 41.8 Å². The van der Waals surface area contributed by atoms with E-state index in [1.807, 2.05) is 29.6 Å². The van der Waals surface area contributed by atoms with Crippen molar-refractivity contribution in [3.63, 3.8) is 0 Å². The fraction of sp³-hybridized carbons (Fsp3) is 0.182. The smallest absolute Gasteiger partial charge is 0.262 e. The van der Waals surface area contributed by atoms with Gasteiger partial charge in [-0.3, -0.25) is 14.9 Å². The van der Waals surface area contributed by atoms with Gasteiger partial charge in [-0.15, -0.1) is 11.3 Å². The summed E-state index contributed by atoms with van der Waals surface area (Å²) in [5, 5.41) is 8.02. The zero-order valence-corrected chi connectivity index (χ0v) is 17.1. The van der Waals surface area contributed by atoms with E-state index >= 15 is 0 Å². The Balaban J connectivity index is 1.21. The van der Waals surface area contributed by atoms with Crippen LogP contribution in [0, 0.1) is 0 Å². The standard InChI is InChI=1S/C22H17N5O3S/c28-19-9-30-18-6-4-12(7-16(18)23-19)17-10-31-22(26-17)27-21(29)13-3-5-14-15(8-13)25-20(24-14)11-1-2-11/h3-8,10-11H,1-2,9H2,(H,23,28)(H,24,25)(H,26,27,29). The maximum Gasteiger partial charge on any atom is 0.262 e. The number of hydrogen-bond acceptors (Lipinski definition) is 6. The van der Waals surface area contributed by atoms with Gasteiger partial charge < -0.3 is 15.0 Å². The van der Waals surface area contributed by atoms with Crippen LogP contribution in [-0.4, -0.2) is 33.4 Å². The van der Waals surface area contributed by atoms with Gasteiger partial charge in [0, 0.05) is 22.4 Å². The summed E-state index contributed by atoms with van der Waals surface area (Å²) in [6.45, 7) is 0.0193. The van der Waals surface area contributed by atoms with Crippen LogP contribution in [-0.2, 0) is 4.79 Å². The highest BCUT2D eigenvalue weighted by atomic mass is 32.1. The number of nitrogens with zero attached hydrogens (tertiary/aromatic N) is 2.